The van der Waals surface area contributed by atoms with Crippen molar-refractivity contribution in [3.05, 3.63) is 266 Å². The normalized spacial score (nSPS) is 15.9. The van der Waals surface area contributed by atoms with Gasteiger partial charge in [-0.1, -0.05) is 50.1 Å². The molecule has 15 rings (SSSR count). The number of likely N-dealkylation sites (tertiary alicyclic amines) is 2. The van der Waals surface area contributed by atoms with Crippen molar-refractivity contribution >= 4 is 50.4 Å². The molecule has 3 atom stereocenters. The van der Waals surface area contributed by atoms with Gasteiger partial charge in [-0.25, -0.2) is 44.8 Å². The molecule has 0 N–H and O–H groups in total. The van der Waals surface area contributed by atoms with Crippen LogP contribution in [0.4, 0.5) is 35.1 Å². The van der Waals surface area contributed by atoms with E-state index in [1.54, 1.807) is 80.0 Å². The maximum absolute atomic E-state index is 15.1. The highest BCUT2D eigenvalue weighted by molar-refractivity contribution is 5.90. The molecule has 3 saturated heterocycles. The summed E-state index contributed by atoms with van der Waals surface area (Å²) in [5.41, 5.74) is 3.68. The van der Waals surface area contributed by atoms with Crippen LogP contribution < -0.4 is 14.2 Å². The summed E-state index contributed by atoms with van der Waals surface area (Å²) in [6, 6.07) is 31.5. The van der Waals surface area contributed by atoms with Crippen LogP contribution in [-0.4, -0.2) is 128 Å². The zero-order valence-electron chi connectivity index (χ0n) is 55.1. The predicted molar refractivity (Wildman–Crippen MR) is 367 cm³/mol. The number of rotatable bonds is 15. The Morgan fingerprint density at radius 2 is 0.846 bits per heavy atom. The van der Waals surface area contributed by atoms with E-state index in [4.69, 9.17) is 24.0 Å². The summed E-state index contributed by atoms with van der Waals surface area (Å²) in [5, 5.41) is 14.7. The molecule has 0 radical (unpaired) electrons. The first-order valence-corrected chi connectivity index (χ1v) is 32.7. The first-order valence-electron chi connectivity index (χ1n) is 32.7. The minimum absolute atomic E-state index is 0.0406. The number of benzene rings is 5. The van der Waals surface area contributed by atoms with Crippen LogP contribution in [0.2, 0.25) is 0 Å². The standard InChI is InChI=1S/C26H21F3N4O2.C25H19F3N4O3.C25H21F2N5O2/c1-2-23(34)32-12-4-5-16(15-32)25-24-21(29)13-30-14-22(24)33(31-25)17-8-10-18(11-9-17)35-26-19(27)6-3-7-20(26)28;1-2-22(33)31-10-11-34-21(14-31)24-23-19(28)12-29-13-20(23)32(30-24)15-6-8-16(9-7-15)35-25-17(26)4-3-5-18(25)27;1-2-22(33)31-12-6-7-16(15-31)24-23-18(26)13-28-14-20(23)32(30-24)19-10-11-21(29-25(19)27)34-17-8-4-3-5-9-17/h2-3,6-11,13-14,16H,1,4-5,12,15H2;2-9,12-13,21H,1,10-11,14H2;2-5,8-11,13-14,16H,1,6-7,12,15H2. The Labute approximate surface area is 587 Å². The number of piperidine rings is 2. The molecule has 3 amide bonds. The van der Waals surface area contributed by atoms with Crippen LogP contribution in [0, 0.1) is 46.7 Å². The Morgan fingerprint density at radius 1 is 0.433 bits per heavy atom. The highest BCUT2D eigenvalue weighted by atomic mass is 19.2. The molecule has 3 unspecified atom stereocenters. The van der Waals surface area contributed by atoms with Crippen molar-refractivity contribution in [1.29, 1.82) is 0 Å². The summed E-state index contributed by atoms with van der Waals surface area (Å²) < 4.78 is 142. The smallest absolute Gasteiger partial charge is 0.246 e. The van der Waals surface area contributed by atoms with Crippen molar-refractivity contribution in [2.45, 2.75) is 43.6 Å². The monoisotopic (exact) mass is 1420 g/mol. The molecule has 528 valence electrons. The molecule has 7 aromatic heterocycles. The minimum Gasteiger partial charge on any atom is -0.451 e. The SMILES string of the molecule is C=CC(=O)N1CCCC(c2nn(-c3ccc(Oc4c(F)cccc4F)cc3)c3cncc(F)c23)C1.C=CC(=O)N1CCCC(c2nn(-c3ccc(Oc4ccccc4)nc3F)c3cncc(F)c23)C1.C=CC(=O)N1CCOC(c2nn(-c3ccc(Oc4c(F)cccc4F)cc3)c3cncc(F)c23)C1. The number of fused-ring (bicyclic) bond motifs is 3. The number of nitrogens with zero attached hydrogens (tertiary/aromatic N) is 13. The molecule has 0 saturated carbocycles. The van der Waals surface area contributed by atoms with Gasteiger partial charge in [0.15, 0.2) is 52.2 Å². The molecule has 104 heavy (non-hydrogen) atoms. The number of carbonyl (C=O) groups excluding carboxylic acids is 3. The number of carbonyl (C=O) groups is 3. The zero-order valence-corrected chi connectivity index (χ0v) is 55.1. The topological polar surface area (TPSA) is 203 Å². The molecule has 3 aliphatic rings. The lowest BCUT2D eigenvalue weighted by Crippen LogP contribution is -2.41. The fourth-order valence-electron chi connectivity index (χ4n) is 12.7. The lowest BCUT2D eigenvalue weighted by molar-refractivity contribution is -0.134. The van der Waals surface area contributed by atoms with Crippen LogP contribution in [0.3, 0.4) is 0 Å². The second kappa shape index (κ2) is 30.8. The van der Waals surface area contributed by atoms with Crippen molar-refractivity contribution in [3.63, 3.8) is 0 Å². The van der Waals surface area contributed by atoms with Gasteiger partial charge < -0.3 is 33.6 Å². The maximum Gasteiger partial charge on any atom is 0.246 e. The van der Waals surface area contributed by atoms with Gasteiger partial charge in [-0.15, -0.1) is 0 Å². The van der Waals surface area contributed by atoms with Gasteiger partial charge in [0.05, 0.1) is 106 Å². The fraction of sp³-hybridized carbons (Fsp3) is 0.184. The van der Waals surface area contributed by atoms with Gasteiger partial charge in [-0.05, 0) is 135 Å². The second-order valence-electron chi connectivity index (χ2n) is 24.1. The second-order valence-corrected chi connectivity index (χ2v) is 24.1. The van der Waals surface area contributed by atoms with Crippen molar-refractivity contribution in [2.75, 3.05) is 45.9 Å². The van der Waals surface area contributed by atoms with Gasteiger partial charge in [-0.3, -0.25) is 29.3 Å². The molecule has 0 spiro atoms. The third-order valence-electron chi connectivity index (χ3n) is 17.6. The van der Waals surface area contributed by atoms with E-state index >= 15 is 4.39 Å². The van der Waals surface area contributed by atoms with Crippen LogP contribution in [0.5, 0.6) is 34.6 Å². The molecule has 3 aliphatic heterocycles. The van der Waals surface area contributed by atoms with Crippen molar-refractivity contribution in [3.8, 4) is 51.7 Å². The Morgan fingerprint density at radius 3 is 1.30 bits per heavy atom. The van der Waals surface area contributed by atoms with E-state index in [0.717, 1.165) is 68.5 Å². The molecule has 12 aromatic rings. The first kappa shape index (κ1) is 70.0. The van der Waals surface area contributed by atoms with E-state index in [2.05, 4.69) is 49.9 Å². The number of hydrogen-bond donors (Lipinski definition) is 0. The van der Waals surface area contributed by atoms with Gasteiger partial charge in [0, 0.05) is 50.6 Å². The molecule has 5 aromatic carbocycles. The van der Waals surface area contributed by atoms with E-state index in [-0.39, 0.29) is 76.5 Å². The van der Waals surface area contributed by atoms with E-state index in [9.17, 15) is 45.1 Å². The largest absolute Gasteiger partial charge is 0.451 e. The Kier molecular flexibility index (Phi) is 20.7. The van der Waals surface area contributed by atoms with Gasteiger partial charge in [-0.2, -0.15) is 24.7 Å². The van der Waals surface area contributed by atoms with Crippen LogP contribution in [0.15, 0.2) is 203 Å². The molecular weight excluding hydrogens is 1360 g/mol. The number of hydrogen-bond acceptors (Lipinski definition) is 14. The van der Waals surface area contributed by atoms with Crippen LogP contribution in [0.25, 0.3) is 49.8 Å². The number of para-hydroxylation sites is 3. The number of pyridine rings is 4. The summed E-state index contributed by atoms with van der Waals surface area (Å²) in [6.45, 7) is 13.5. The quantitative estimate of drug-likeness (QED) is 0.0532. The molecule has 28 heteroatoms. The van der Waals surface area contributed by atoms with Gasteiger partial charge in [0.2, 0.25) is 29.5 Å². The molecule has 3 fully saturated rings. The summed E-state index contributed by atoms with van der Waals surface area (Å²) >= 11 is 0. The number of halogens is 8. The number of morpholine rings is 1. The van der Waals surface area contributed by atoms with Crippen LogP contribution >= 0.6 is 0 Å². The lowest BCUT2D eigenvalue weighted by Gasteiger charge is -2.31. The van der Waals surface area contributed by atoms with E-state index in [1.165, 1.54) is 82.6 Å². The summed E-state index contributed by atoms with van der Waals surface area (Å²) in [7, 11) is 0. The molecule has 20 nitrogen and oxygen atoms in total. The summed E-state index contributed by atoms with van der Waals surface area (Å²) in [6.07, 6.45) is 13.9. The van der Waals surface area contributed by atoms with Crippen molar-refractivity contribution < 1.29 is 68.5 Å². The summed E-state index contributed by atoms with van der Waals surface area (Å²) in [5.74, 6) is -6.63. The van der Waals surface area contributed by atoms with Crippen molar-refractivity contribution in [2.24, 2.45) is 0 Å². The third-order valence-corrected chi connectivity index (χ3v) is 17.6. The van der Waals surface area contributed by atoms with Crippen LogP contribution in [0.1, 0.15) is 60.7 Å². The van der Waals surface area contributed by atoms with E-state index in [1.807, 2.05) is 6.07 Å². The first-order chi connectivity index (χ1) is 50.5. The molecule has 10 heterocycles. The minimum atomic E-state index is -0.824. The van der Waals surface area contributed by atoms with Crippen molar-refractivity contribution in [1.82, 2.24) is 64.0 Å². The number of amides is 3. The number of ether oxygens (including phenoxy) is 4. The Hall–Kier alpha value is -12.5. The maximum atomic E-state index is 15.1. The van der Waals surface area contributed by atoms with E-state index in [0.29, 0.717) is 88.9 Å². The van der Waals surface area contributed by atoms with Gasteiger partial charge in [0.25, 0.3) is 0 Å². The highest BCUT2D eigenvalue weighted by Gasteiger charge is 2.34. The molecular formula is C76H61F8N13O7. The molecule has 0 bridgehead atoms. The molecule has 0 aliphatic carbocycles. The Balaban J connectivity index is 0.000000139. The number of aromatic nitrogens is 10. The average Bonchev–Trinajstić information content (AvgIpc) is 1.62. The fourth-order valence-corrected chi connectivity index (χ4v) is 12.7. The predicted octanol–water partition coefficient (Wildman–Crippen LogP) is 15.0. The van der Waals surface area contributed by atoms with Gasteiger partial charge in [0.1, 0.15) is 34.7 Å². The average molecular weight is 1420 g/mol. The van der Waals surface area contributed by atoms with Gasteiger partial charge >= 0.3 is 0 Å². The lowest BCUT2D eigenvalue weighted by atomic mass is 9.93. The highest BCUT2D eigenvalue weighted by Crippen LogP contribution is 2.39. The summed E-state index contributed by atoms with van der Waals surface area (Å²) in [4.78, 5) is 57.1. The zero-order chi connectivity index (χ0) is 72.7. The third kappa shape index (κ3) is 14.7. The van der Waals surface area contributed by atoms with E-state index < -0.39 is 64.3 Å². The Bertz CT molecular complexity index is 4980. The van der Waals surface area contributed by atoms with Crippen LogP contribution in [-0.2, 0) is 19.1 Å².